The summed E-state index contributed by atoms with van der Waals surface area (Å²) in [6, 6.07) is 0. The number of esters is 1. The largest absolute Gasteiger partial charge is 0.459 e. The Bertz CT molecular complexity index is 952. The molecule has 4 aliphatic carbocycles. The number of allylic oxidation sites excluding steroid dienone is 1. The molecule has 5 heteroatoms. The summed E-state index contributed by atoms with van der Waals surface area (Å²) < 4.78 is 18.7. The summed E-state index contributed by atoms with van der Waals surface area (Å²) in [5.74, 6) is 2.52. The van der Waals surface area contributed by atoms with E-state index in [1.165, 1.54) is 6.42 Å². The maximum atomic E-state index is 13.3. The molecule has 3 aliphatic heterocycles. The van der Waals surface area contributed by atoms with Crippen molar-refractivity contribution in [1.29, 1.82) is 0 Å². The van der Waals surface area contributed by atoms with Gasteiger partial charge in [0.05, 0.1) is 24.0 Å². The Labute approximate surface area is 197 Å². The van der Waals surface area contributed by atoms with E-state index in [4.69, 9.17) is 14.2 Å². The molecular weight excluding hydrogens is 416 g/mol. The van der Waals surface area contributed by atoms with Crippen LogP contribution in [0.2, 0.25) is 0 Å². The van der Waals surface area contributed by atoms with E-state index in [9.17, 15) is 9.59 Å². The zero-order valence-electron chi connectivity index (χ0n) is 20.5. The Morgan fingerprint density at radius 1 is 1.00 bits per heavy atom. The van der Waals surface area contributed by atoms with Gasteiger partial charge in [0.25, 0.3) is 0 Å². The van der Waals surface area contributed by atoms with Crippen molar-refractivity contribution in [3.05, 3.63) is 12.2 Å². The third-order valence-electron chi connectivity index (χ3n) is 12.2. The number of rotatable bonds is 2. The van der Waals surface area contributed by atoms with Crippen LogP contribution in [-0.2, 0) is 23.8 Å². The molecule has 33 heavy (non-hydrogen) atoms. The van der Waals surface area contributed by atoms with Crippen LogP contribution in [0.15, 0.2) is 12.2 Å². The van der Waals surface area contributed by atoms with Crippen molar-refractivity contribution < 1.29 is 23.8 Å². The van der Waals surface area contributed by atoms with E-state index in [2.05, 4.69) is 20.8 Å². The van der Waals surface area contributed by atoms with Crippen LogP contribution in [0.1, 0.15) is 72.6 Å². The summed E-state index contributed by atoms with van der Waals surface area (Å²) in [5, 5.41) is 0. The molecule has 0 amide bonds. The van der Waals surface area contributed by atoms with Gasteiger partial charge in [0.15, 0.2) is 5.78 Å². The van der Waals surface area contributed by atoms with Crippen molar-refractivity contribution in [2.45, 2.75) is 96.1 Å². The Balaban J connectivity index is 1.19. The number of ketones is 1. The zero-order valence-corrected chi connectivity index (χ0v) is 20.5. The highest BCUT2D eigenvalue weighted by Gasteiger charge is 2.78. The van der Waals surface area contributed by atoms with Crippen molar-refractivity contribution in [1.82, 2.24) is 0 Å². The fraction of sp³-hybridized carbons (Fsp3) is 0.857. The second-order valence-corrected chi connectivity index (χ2v) is 13.1. The van der Waals surface area contributed by atoms with Crippen molar-refractivity contribution in [3.63, 3.8) is 0 Å². The van der Waals surface area contributed by atoms with Gasteiger partial charge in [-0.15, -0.1) is 0 Å². The number of hydrogen-bond acceptors (Lipinski definition) is 5. The highest BCUT2D eigenvalue weighted by atomic mass is 16.6. The molecule has 3 heterocycles. The molecule has 7 rings (SSSR count). The van der Waals surface area contributed by atoms with Gasteiger partial charge in [0.2, 0.25) is 0 Å². The Kier molecular flexibility index (Phi) is 4.04. The summed E-state index contributed by atoms with van der Waals surface area (Å²) in [6.07, 6.45) is 11.5. The van der Waals surface area contributed by atoms with Gasteiger partial charge in [-0.05, 0) is 93.0 Å². The second-order valence-electron chi connectivity index (χ2n) is 13.1. The summed E-state index contributed by atoms with van der Waals surface area (Å²) in [5.41, 5.74) is -0.708. The number of ether oxygens (including phenoxy) is 3. The first-order valence-corrected chi connectivity index (χ1v) is 13.4. The molecule has 0 aromatic carbocycles. The monoisotopic (exact) mass is 454 g/mol. The normalized spacial score (nSPS) is 60.8. The van der Waals surface area contributed by atoms with Crippen molar-refractivity contribution >= 4 is 11.8 Å². The van der Waals surface area contributed by atoms with E-state index in [-0.39, 0.29) is 46.1 Å². The molecule has 1 spiro atoms. The van der Waals surface area contributed by atoms with Crippen molar-refractivity contribution in [2.24, 2.45) is 46.3 Å². The number of carbonyl (C=O) groups excluding carboxylic acids is 2. The minimum atomic E-state index is -0.368. The molecular formula is C28H38O5. The molecule has 4 unspecified atom stereocenters. The van der Waals surface area contributed by atoms with Crippen LogP contribution >= 0.6 is 0 Å². The molecule has 0 aromatic heterocycles. The topological polar surface area (TPSA) is 68.4 Å². The van der Waals surface area contributed by atoms with Crippen molar-refractivity contribution in [2.75, 3.05) is 6.61 Å². The highest BCUT2D eigenvalue weighted by Crippen LogP contribution is 2.74. The van der Waals surface area contributed by atoms with Crippen LogP contribution in [0.25, 0.3) is 0 Å². The summed E-state index contributed by atoms with van der Waals surface area (Å²) in [6.45, 7) is 9.61. The van der Waals surface area contributed by atoms with Gasteiger partial charge in [0, 0.05) is 0 Å². The van der Waals surface area contributed by atoms with Gasteiger partial charge in [0.1, 0.15) is 17.3 Å². The molecule has 12 atom stereocenters. The van der Waals surface area contributed by atoms with Crippen molar-refractivity contribution in [3.8, 4) is 0 Å². The first-order valence-electron chi connectivity index (χ1n) is 13.4. The standard InChI is InChI=1S/C28H38O5/c1-15-12-22(32-24(30)16(15)2)27(14-31-27)20-8-7-18-17-13-23-28(33-23)10-5-6-21(29)26(28,4)19(17)9-11-25(18,20)3/h5-6,15-20,22-23H,7-14H2,1-4H3/t15-,16+,17?,18?,19?,20-,22?,23+,25-,26-,27+,28+/m0/s1. The van der Waals surface area contributed by atoms with E-state index >= 15 is 0 Å². The van der Waals surface area contributed by atoms with Gasteiger partial charge >= 0.3 is 5.97 Å². The molecule has 180 valence electrons. The third-order valence-corrected chi connectivity index (χ3v) is 12.2. The Morgan fingerprint density at radius 3 is 2.52 bits per heavy atom. The number of cyclic esters (lactones) is 1. The molecule has 5 nitrogen and oxygen atoms in total. The lowest BCUT2D eigenvalue weighted by Crippen LogP contribution is -2.60. The van der Waals surface area contributed by atoms with E-state index in [1.807, 2.05) is 19.1 Å². The first kappa shape index (κ1) is 21.1. The van der Waals surface area contributed by atoms with Crippen LogP contribution in [0.3, 0.4) is 0 Å². The van der Waals surface area contributed by atoms with E-state index in [1.54, 1.807) is 0 Å². The summed E-state index contributed by atoms with van der Waals surface area (Å²) in [7, 11) is 0. The number of hydrogen-bond donors (Lipinski definition) is 0. The fourth-order valence-corrected chi connectivity index (χ4v) is 9.97. The quantitative estimate of drug-likeness (QED) is 0.455. The van der Waals surface area contributed by atoms with Crippen LogP contribution in [0.4, 0.5) is 0 Å². The predicted molar refractivity (Wildman–Crippen MR) is 121 cm³/mol. The SMILES string of the molecule is C[C@H]1CC([C@]2([C@H]3CCC4C5C[C@H]6O[C@]67CC=CC(=O)[C@]7(C)C5CC[C@@]43C)CO2)OC(=O)[C@@H]1C. The maximum Gasteiger partial charge on any atom is 0.309 e. The number of carbonyl (C=O) groups is 2. The van der Waals surface area contributed by atoms with E-state index in [0.717, 1.165) is 45.1 Å². The van der Waals surface area contributed by atoms with Gasteiger partial charge in [-0.1, -0.05) is 26.8 Å². The molecule has 6 fully saturated rings. The molecule has 0 bridgehead atoms. The second kappa shape index (κ2) is 6.32. The number of epoxide rings is 2. The molecule has 3 saturated carbocycles. The molecule has 0 aromatic rings. The minimum Gasteiger partial charge on any atom is -0.459 e. The zero-order chi connectivity index (χ0) is 23.0. The van der Waals surface area contributed by atoms with Gasteiger partial charge in [-0.2, -0.15) is 0 Å². The lowest BCUT2D eigenvalue weighted by Gasteiger charge is -2.57. The lowest BCUT2D eigenvalue weighted by molar-refractivity contribution is -0.174. The van der Waals surface area contributed by atoms with Crippen LogP contribution in [-0.4, -0.2) is 41.8 Å². The highest BCUT2D eigenvalue weighted by molar-refractivity contribution is 5.97. The summed E-state index contributed by atoms with van der Waals surface area (Å²) >= 11 is 0. The van der Waals surface area contributed by atoms with Gasteiger partial charge in [-0.3, -0.25) is 9.59 Å². The molecule has 7 aliphatic rings. The average molecular weight is 455 g/mol. The molecule has 0 radical (unpaired) electrons. The smallest absolute Gasteiger partial charge is 0.309 e. The van der Waals surface area contributed by atoms with Crippen LogP contribution in [0, 0.1) is 46.3 Å². The number of fused-ring (bicyclic) bond motifs is 4. The van der Waals surface area contributed by atoms with E-state index in [0.29, 0.717) is 35.4 Å². The maximum absolute atomic E-state index is 13.3. The van der Waals surface area contributed by atoms with Crippen LogP contribution < -0.4 is 0 Å². The third kappa shape index (κ3) is 2.37. The van der Waals surface area contributed by atoms with Crippen LogP contribution in [0.5, 0.6) is 0 Å². The molecule has 0 N–H and O–H groups in total. The average Bonchev–Trinajstić information content (AvgIpc) is 3.68. The predicted octanol–water partition coefficient (Wildman–Crippen LogP) is 4.48. The minimum absolute atomic E-state index is 0.0247. The van der Waals surface area contributed by atoms with Gasteiger partial charge < -0.3 is 14.2 Å². The summed E-state index contributed by atoms with van der Waals surface area (Å²) in [4.78, 5) is 25.9. The van der Waals surface area contributed by atoms with E-state index < -0.39 is 0 Å². The lowest BCUT2D eigenvalue weighted by atomic mass is 9.44. The Morgan fingerprint density at radius 2 is 1.79 bits per heavy atom. The molecule has 3 saturated heterocycles. The van der Waals surface area contributed by atoms with Gasteiger partial charge in [-0.25, -0.2) is 0 Å². The first-order chi connectivity index (χ1) is 15.7. The fourth-order valence-electron chi connectivity index (χ4n) is 9.97. The Hall–Kier alpha value is -1.20.